The van der Waals surface area contributed by atoms with Gasteiger partial charge in [-0.2, -0.15) is 0 Å². The van der Waals surface area contributed by atoms with E-state index in [-0.39, 0.29) is 32.3 Å². The molecule has 3 N–H and O–H groups in total. The zero-order chi connectivity index (χ0) is 45.8. The highest BCUT2D eigenvalue weighted by atomic mass is 31.2. The van der Waals surface area contributed by atoms with Crippen LogP contribution < -0.4 is 5.73 Å². The Balaban J connectivity index is 3.95. The summed E-state index contributed by atoms with van der Waals surface area (Å²) in [6, 6.07) is 0. The van der Waals surface area contributed by atoms with Gasteiger partial charge >= 0.3 is 13.8 Å². The van der Waals surface area contributed by atoms with Gasteiger partial charge in [0, 0.05) is 19.6 Å². The van der Waals surface area contributed by atoms with Crippen LogP contribution in [-0.2, 0) is 27.9 Å². The molecule has 0 rings (SSSR count). The van der Waals surface area contributed by atoms with Gasteiger partial charge in [0.1, 0.15) is 6.10 Å². The lowest BCUT2D eigenvalue weighted by Crippen LogP contribution is -2.28. The summed E-state index contributed by atoms with van der Waals surface area (Å²) in [5.74, 6) is -0.333. The highest BCUT2D eigenvalue weighted by molar-refractivity contribution is 7.47. The van der Waals surface area contributed by atoms with E-state index in [1.54, 1.807) is 0 Å². The second kappa shape index (κ2) is 51.2. The third-order valence-corrected chi connectivity index (χ3v) is 12.2. The van der Waals surface area contributed by atoms with E-state index < -0.39 is 13.9 Å². The second-order valence-electron chi connectivity index (χ2n) is 17.4. The van der Waals surface area contributed by atoms with Gasteiger partial charge in [-0.05, 0) is 57.8 Å². The molecule has 0 radical (unpaired) electrons. The van der Waals surface area contributed by atoms with E-state index in [1.165, 1.54) is 141 Å². The van der Waals surface area contributed by atoms with Crippen molar-refractivity contribution in [1.29, 1.82) is 0 Å². The Hall–Kier alpha value is -1.80. The molecule has 2 atom stereocenters. The molecular weight excluding hydrogens is 806 g/mol. The maximum Gasteiger partial charge on any atom is 0.472 e. The third-order valence-electron chi connectivity index (χ3n) is 11.2. The molecule has 368 valence electrons. The van der Waals surface area contributed by atoms with Crippen LogP contribution >= 0.6 is 7.82 Å². The largest absolute Gasteiger partial charge is 0.472 e. The summed E-state index contributed by atoms with van der Waals surface area (Å²) in [6.45, 7) is 4.81. The monoisotopic (exact) mass is 906 g/mol. The van der Waals surface area contributed by atoms with Gasteiger partial charge in [-0.15, -0.1) is 0 Å². The number of allylic oxidation sites excluding steroid dienone is 10. The Morgan fingerprint density at radius 3 is 1.33 bits per heavy atom. The highest BCUT2D eigenvalue weighted by Crippen LogP contribution is 2.43. The zero-order valence-electron chi connectivity index (χ0n) is 41.1. The molecule has 2 unspecified atom stereocenters. The number of hydrogen-bond acceptors (Lipinski definition) is 7. The molecule has 0 fully saturated rings. The Morgan fingerprint density at radius 2 is 0.889 bits per heavy atom. The summed E-state index contributed by atoms with van der Waals surface area (Å²) in [4.78, 5) is 22.6. The van der Waals surface area contributed by atoms with E-state index in [0.717, 1.165) is 77.0 Å². The average Bonchev–Trinajstić information content (AvgIpc) is 3.28. The maximum absolute atomic E-state index is 12.7. The van der Waals surface area contributed by atoms with E-state index in [4.69, 9.17) is 24.3 Å². The Labute approximate surface area is 389 Å². The summed E-state index contributed by atoms with van der Waals surface area (Å²) >= 11 is 0. The summed E-state index contributed by atoms with van der Waals surface area (Å²) in [5, 5.41) is 0. The van der Waals surface area contributed by atoms with Crippen LogP contribution in [0.5, 0.6) is 0 Å². The molecule has 0 aromatic heterocycles. The molecule has 9 heteroatoms. The number of phosphoric ester groups is 1. The standard InChI is InChI=1S/C54H100NO7P/c1-3-5-7-9-11-13-15-17-19-21-23-25-27-29-31-33-35-37-39-41-43-45-47-54(56)62-53(52-61-63(57,58)60-50-48-55)51-59-49-46-44-42-40-38-36-34-32-30-28-26-24-22-20-18-16-14-12-10-8-6-4-2/h6,8,12,14,18,20,24,26,30,32,53H,3-5,7,9-11,13,15-17,19,21-23,25,27-29,31,33-52,55H2,1-2H3,(H,57,58)/b8-6-,14-12-,20-18-,26-24-,32-30-. The first-order chi connectivity index (χ1) is 30.9. The van der Waals surface area contributed by atoms with Crippen LogP contribution in [0.15, 0.2) is 60.8 Å². The molecule has 0 heterocycles. The molecule has 0 aromatic carbocycles. The van der Waals surface area contributed by atoms with Crippen LogP contribution in [0.3, 0.4) is 0 Å². The number of hydrogen-bond donors (Lipinski definition) is 2. The SMILES string of the molecule is CC/C=C\C/C=C\C/C=C\C/C=C\C/C=C\CCCCCCCCOCC(COP(=O)(O)OCCN)OC(=O)CCCCCCCCCCCCCCCCCCCCCCCC. The van der Waals surface area contributed by atoms with Crippen molar-refractivity contribution < 1.29 is 32.8 Å². The van der Waals surface area contributed by atoms with E-state index >= 15 is 0 Å². The van der Waals surface area contributed by atoms with Crippen LogP contribution in [0.2, 0.25) is 0 Å². The highest BCUT2D eigenvalue weighted by Gasteiger charge is 2.25. The lowest BCUT2D eigenvalue weighted by Gasteiger charge is -2.20. The summed E-state index contributed by atoms with van der Waals surface area (Å²) in [6.07, 6.45) is 64.0. The number of carbonyl (C=O) groups excluding carboxylic acids is 1. The zero-order valence-corrected chi connectivity index (χ0v) is 42.0. The molecule has 0 bridgehead atoms. The predicted molar refractivity (Wildman–Crippen MR) is 270 cm³/mol. The topological polar surface area (TPSA) is 117 Å². The van der Waals surface area contributed by atoms with Crippen molar-refractivity contribution in [2.24, 2.45) is 5.73 Å². The molecule has 0 saturated carbocycles. The van der Waals surface area contributed by atoms with Gasteiger partial charge in [0.2, 0.25) is 0 Å². The van der Waals surface area contributed by atoms with E-state index in [1.807, 2.05) is 0 Å². The first-order valence-corrected chi connectivity index (χ1v) is 27.8. The summed E-state index contributed by atoms with van der Waals surface area (Å²) in [7, 11) is -4.29. The number of phosphoric acid groups is 1. The fourth-order valence-corrected chi connectivity index (χ4v) is 8.14. The van der Waals surface area contributed by atoms with Crippen LogP contribution in [0.25, 0.3) is 0 Å². The molecule has 0 aromatic rings. The fourth-order valence-electron chi connectivity index (χ4n) is 7.38. The maximum atomic E-state index is 12.7. The van der Waals surface area contributed by atoms with Gasteiger partial charge in [0.25, 0.3) is 0 Å². The molecule has 0 aliphatic heterocycles. The van der Waals surface area contributed by atoms with Crippen LogP contribution in [0.1, 0.15) is 239 Å². The number of unbranched alkanes of at least 4 members (excludes halogenated alkanes) is 27. The van der Waals surface area contributed by atoms with Gasteiger partial charge in [0.05, 0.1) is 19.8 Å². The Kier molecular flexibility index (Phi) is 49.7. The van der Waals surface area contributed by atoms with Crippen LogP contribution in [0, 0.1) is 0 Å². The number of carbonyl (C=O) groups is 1. The van der Waals surface area contributed by atoms with Crippen molar-refractivity contribution in [3.63, 3.8) is 0 Å². The van der Waals surface area contributed by atoms with Gasteiger partial charge in [-0.25, -0.2) is 4.57 Å². The Bertz CT molecular complexity index is 1150. The van der Waals surface area contributed by atoms with E-state index in [2.05, 4.69) is 74.6 Å². The first kappa shape index (κ1) is 61.2. The average molecular weight is 906 g/mol. The molecule has 0 aliphatic carbocycles. The van der Waals surface area contributed by atoms with Crippen molar-refractivity contribution in [2.75, 3.05) is 33.0 Å². The third kappa shape index (κ3) is 51.1. The molecule has 0 spiro atoms. The molecule has 0 amide bonds. The molecule has 63 heavy (non-hydrogen) atoms. The summed E-state index contributed by atoms with van der Waals surface area (Å²) in [5.41, 5.74) is 5.39. The van der Waals surface area contributed by atoms with Gasteiger partial charge in [-0.1, -0.05) is 235 Å². The minimum absolute atomic E-state index is 0.0965. The lowest BCUT2D eigenvalue weighted by molar-refractivity contribution is -0.154. The quantitative estimate of drug-likeness (QED) is 0.0268. The van der Waals surface area contributed by atoms with Crippen molar-refractivity contribution in [2.45, 2.75) is 245 Å². The van der Waals surface area contributed by atoms with Crippen molar-refractivity contribution in [1.82, 2.24) is 0 Å². The molecule has 0 saturated heterocycles. The molecular formula is C54H100NO7P. The second-order valence-corrected chi connectivity index (χ2v) is 18.8. The predicted octanol–water partition coefficient (Wildman–Crippen LogP) is 16.5. The van der Waals surface area contributed by atoms with Crippen molar-refractivity contribution in [3.05, 3.63) is 60.8 Å². The van der Waals surface area contributed by atoms with Crippen LogP contribution in [-0.4, -0.2) is 49.9 Å². The van der Waals surface area contributed by atoms with Crippen molar-refractivity contribution >= 4 is 13.8 Å². The minimum Gasteiger partial charge on any atom is -0.457 e. The van der Waals surface area contributed by atoms with Gasteiger partial charge in [0.15, 0.2) is 0 Å². The van der Waals surface area contributed by atoms with Crippen molar-refractivity contribution in [3.8, 4) is 0 Å². The number of esters is 1. The number of ether oxygens (including phenoxy) is 2. The Morgan fingerprint density at radius 1 is 0.492 bits per heavy atom. The fraction of sp³-hybridized carbons (Fsp3) is 0.796. The van der Waals surface area contributed by atoms with E-state index in [0.29, 0.717) is 13.0 Å². The first-order valence-electron chi connectivity index (χ1n) is 26.3. The molecule has 0 aliphatic rings. The number of nitrogens with two attached hydrogens (primary N) is 1. The minimum atomic E-state index is -4.29. The van der Waals surface area contributed by atoms with Gasteiger partial charge < -0.3 is 20.1 Å². The van der Waals surface area contributed by atoms with Crippen LogP contribution in [0.4, 0.5) is 0 Å². The lowest BCUT2D eigenvalue weighted by atomic mass is 10.0. The molecule has 8 nitrogen and oxygen atoms in total. The summed E-state index contributed by atoms with van der Waals surface area (Å²) < 4.78 is 33.6. The smallest absolute Gasteiger partial charge is 0.457 e. The van der Waals surface area contributed by atoms with E-state index in [9.17, 15) is 14.3 Å². The number of rotatable bonds is 50. The van der Waals surface area contributed by atoms with Gasteiger partial charge in [-0.3, -0.25) is 13.8 Å². The normalized spacial score (nSPS) is 13.8.